The normalized spacial score (nSPS) is 15.8. The van der Waals surface area contributed by atoms with Crippen molar-refractivity contribution in [2.45, 2.75) is 13.8 Å². The van der Waals surface area contributed by atoms with Crippen LogP contribution in [0.15, 0.2) is 22.8 Å². The minimum Gasteiger partial charge on any atom is -0.382 e. The third kappa shape index (κ3) is 3.37. The highest BCUT2D eigenvalue weighted by atomic mass is 16.2. The van der Waals surface area contributed by atoms with Gasteiger partial charge in [0, 0.05) is 41.8 Å². The zero-order valence-electron chi connectivity index (χ0n) is 15.6. The second-order valence-corrected chi connectivity index (χ2v) is 6.31. The van der Waals surface area contributed by atoms with Crippen molar-refractivity contribution < 1.29 is 4.79 Å². The second-order valence-electron chi connectivity index (χ2n) is 6.31. The van der Waals surface area contributed by atoms with Gasteiger partial charge >= 0.3 is 0 Å². The van der Waals surface area contributed by atoms with Crippen molar-refractivity contribution in [3.8, 4) is 0 Å². The van der Waals surface area contributed by atoms with Crippen molar-refractivity contribution in [3.63, 3.8) is 0 Å². The van der Waals surface area contributed by atoms with Crippen LogP contribution in [0.5, 0.6) is 0 Å². The van der Waals surface area contributed by atoms with Crippen LogP contribution in [-0.4, -0.2) is 58.4 Å². The Morgan fingerprint density at radius 2 is 1.71 bits per heavy atom. The first-order valence-corrected chi connectivity index (χ1v) is 8.07. The molecule has 1 aromatic rings. The number of carbonyl (C=O) groups excluding carboxylic acids is 1. The fourth-order valence-corrected chi connectivity index (χ4v) is 2.65. The maximum atomic E-state index is 12.2. The molecule has 0 spiro atoms. The van der Waals surface area contributed by atoms with Crippen LogP contribution in [0, 0.1) is 0 Å². The number of benzene rings is 1. The number of aliphatic imine (C=N–C) groups is 1. The van der Waals surface area contributed by atoms with Crippen molar-refractivity contribution in [2.75, 3.05) is 56.9 Å². The van der Waals surface area contributed by atoms with E-state index in [-0.39, 0.29) is 5.91 Å². The highest BCUT2D eigenvalue weighted by Gasteiger charge is 2.24. The molecule has 1 heterocycles. The van der Waals surface area contributed by atoms with Crippen LogP contribution in [0.4, 0.5) is 17.1 Å². The molecule has 0 saturated heterocycles. The number of amidine groups is 1. The van der Waals surface area contributed by atoms with E-state index in [0.717, 1.165) is 35.0 Å². The van der Waals surface area contributed by atoms with E-state index in [9.17, 15) is 4.79 Å². The van der Waals surface area contributed by atoms with E-state index in [1.54, 1.807) is 11.9 Å². The SMILES string of the molecule is CCNc1c(N(C)C)cc(/C=C2\N=C(C)N(C)C2=O)cc1N(C)C. The predicted octanol–water partition coefficient (Wildman–Crippen LogP) is 2.48. The summed E-state index contributed by atoms with van der Waals surface area (Å²) < 4.78 is 0. The highest BCUT2D eigenvalue weighted by molar-refractivity contribution is 6.13. The molecule has 0 aromatic heterocycles. The Balaban J connectivity index is 2.58. The summed E-state index contributed by atoms with van der Waals surface area (Å²) in [6.07, 6.45) is 1.85. The average Bonchev–Trinajstić information content (AvgIpc) is 2.75. The average molecular weight is 329 g/mol. The second kappa shape index (κ2) is 6.95. The number of hydrogen-bond acceptors (Lipinski definition) is 5. The molecular weight excluding hydrogens is 302 g/mol. The van der Waals surface area contributed by atoms with E-state index >= 15 is 0 Å². The van der Waals surface area contributed by atoms with Crippen LogP contribution >= 0.6 is 0 Å². The quantitative estimate of drug-likeness (QED) is 0.843. The van der Waals surface area contributed by atoms with E-state index in [0.29, 0.717) is 5.70 Å². The number of nitrogens with zero attached hydrogens (tertiary/aromatic N) is 4. The number of nitrogens with one attached hydrogen (secondary N) is 1. The van der Waals surface area contributed by atoms with Crippen LogP contribution in [0.1, 0.15) is 19.4 Å². The zero-order valence-corrected chi connectivity index (χ0v) is 15.6. The molecule has 1 aliphatic heterocycles. The zero-order chi connectivity index (χ0) is 18.0. The summed E-state index contributed by atoms with van der Waals surface area (Å²) >= 11 is 0. The molecule has 0 unspecified atom stereocenters. The van der Waals surface area contributed by atoms with Crippen LogP contribution in [0.2, 0.25) is 0 Å². The number of hydrogen-bond donors (Lipinski definition) is 1. The minimum absolute atomic E-state index is 0.0685. The molecule has 0 fully saturated rings. The smallest absolute Gasteiger partial charge is 0.277 e. The third-order valence-electron chi connectivity index (χ3n) is 4.03. The van der Waals surface area contributed by atoms with E-state index in [4.69, 9.17) is 0 Å². The molecule has 0 atom stereocenters. The maximum absolute atomic E-state index is 12.2. The number of carbonyl (C=O) groups is 1. The van der Waals surface area contributed by atoms with E-state index in [1.807, 2.05) is 41.2 Å². The van der Waals surface area contributed by atoms with E-state index < -0.39 is 0 Å². The molecule has 1 N–H and O–H groups in total. The maximum Gasteiger partial charge on any atom is 0.277 e. The lowest BCUT2D eigenvalue weighted by Crippen LogP contribution is -2.25. The monoisotopic (exact) mass is 329 g/mol. The summed E-state index contributed by atoms with van der Waals surface area (Å²) in [6.45, 7) is 4.76. The lowest BCUT2D eigenvalue weighted by Gasteiger charge is -2.25. The van der Waals surface area contributed by atoms with Gasteiger partial charge in [0.1, 0.15) is 11.5 Å². The standard InChI is InChI=1S/C18H27N5O/c1-8-19-17-15(21(3)4)10-13(11-16(17)22(5)6)9-14-18(24)23(7)12(2)20-14/h9-11,19H,8H2,1-7H3/b14-9-. The van der Waals surface area contributed by atoms with Gasteiger partial charge in [0.2, 0.25) is 0 Å². The van der Waals surface area contributed by atoms with Gasteiger partial charge in [-0.2, -0.15) is 0 Å². The van der Waals surface area contributed by atoms with E-state index in [2.05, 4.69) is 39.2 Å². The van der Waals surface area contributed by atoms with Crippen LogP contribution in [-0.2, 0) is 4.79 Å². The van der Waals surface area contributed by atoms with Gasteiger partial charge in [-0.15, -0.1) is 0 Å². The fraction of sp³-hybridized carbons (Fsp3) is 0.444. The Morgan fingerprint density at radius 1 is 1.17 bits per heavy atom. The number of rotatable bonds is 5. The van der Waals surface area contributed by atoms with Crippen LogP contribution < -0.4 is 15.1 Å². The van der Waals surface area contributed by atoms with Crippen LogP contribution in [0.3, 0.4) is 0 Å². The largest absolute Gasteiger partial charge is 0.382 e. The molecule has 6 heteroatoms. The summed E-state index contributed by atoms with van der Waals surface area (Å²) in [5, 5.41) is 3.44. The third-order valence-corrected chi connectivity index (χ3v) is 4.03. The van der Waals surface area contributed by atoms with Gasteiger partial charge in [-0.3, -0.25) is 9.69 Å². The minimum atomic E-state index is -0.0685. The van der Waals surface area contributed by atoms with Gasteiger partial charge < -0.3 is 15.1 Å². The Kier molecular flexibility index (Phi) is 5.17. The predicted molar refractivity (Wildman–Crippen MR) is 103 cm³/mol. The van der Waals surface area contributed by atoms with Gasteiger partial charge in [0.25, 0.3) is 5.91 Å². The summed E-state index contributed by atoms with van der Waals surface area (Å²) in [5.41, 5.74) is 4.67. The Labute approximate surface area is 144 Å². The fourth-order valence-electron chi connectivity index (χ4n) is 2.65. The first-order valence-electron chi connectivity index (χ1n) is 8.07. The molecule has 2 rings (SSSR count). The Hall–Kier alpha value is -2.50. The topological polar surface area (TPSA) is 51.2 Å². The molecule has 0 radical (unpaired) electrons. The summed E-state index contributed by atoms with van der Waals surface area (Å²) in [7, 11) is 9.81. The van der Waals surface area contributed by atoms with Crippen molar-refractivity contribution in [1.29, 1.82) is 0 Å². The number of amides is 1. The number of likely N-dealkylation sites (N-methyl/N-ethyl adjacent to an activating group) is 1. The molecule has 0 saturated carbocycles. The first-order chi connectivity index (χ1) is 11.3. The van der Waals surface area contributed by atoms with Gasteiger partial charge in [-0.25, -0.2) is 4.99 Å². The molecule has 1 aliphatic rings. The highest BCUT2D eigenvalue weighted by Crippen LogP contribution is 2.36. The molecule has 1 aromatic carbocycles. The van der Waals surface area contributed by atoms with Gasteiger partial charge in [-0.05, 0) is 37.6 Å². The van der Waals surface area contributed by atoms with Crippen molar-refractivity contribution >= 4 is 34.9 Å². The molecule has 0 aliphatic carbocycles. The number of anilines is 3. The lowest BCUT2D eigenvalue weighted by atomic mass is 10.1. The summed E-state index contributed by atoms with van der Waals surface area (Å²) in [4.78, 5) is 22.3. The molecule has 6 nitrogen and oxygen atoms in total. The van der Waals surface area contributed by atoms with Gasteiger partial charge in [0.15, 0.2) is 0 Å². The van der Waals surface area contributed by atoms with Crippen molar-refractivity contribution in [1.82, 2.24) is 4.90 Å². The molecule has 0 bridgehead atoms. The first kappa shape index (κ1) is 17.8. The molecule has 130 valence electrons. The lowest BCUT2D eigenvalue weighted by molar-refractivity contribution is -0.121. The van der Waals surface area contributed by atoms with Gasteiger partial charge in [-0.1, -0.05) is 0 Å². The van der Waals surface area contributed by atoms with Crippen molar-refractivity contribution in [3.05, 3.63) is 23.4 Å². The van der Waals surface area contributed by atoms with Gasteiger partial charge in [0.05, 0.1) is 17.1 Å². The Morgan fingerprint density at radius 3 is 2.08 bits per heavy atom. The van der Waals surface area contributed by atoms with Crippen LogP contribution in [0.25, 0.3) is 6.08 Å². The Bertz CT molecular complexity index is 674. The van der Waals surface area contributed by atoms with Crippen molar-refractivity contribution in [2.24, 2.45) is 4.99 Å². The summed E-state index contributed by atoms with van der Waals surface area (Å²) in [6, 6.07) is 4.16. The molecule has 1 amide bonds. The molecule has 24 heavy (non-hydrogen) atoms. The molecular formula is C18H27N5O. The van der Waals surface area contributed by atoms with E-state index in [1.165, 1.54) is 0 Å². The summed E-state index contributed by atoms with van der Waals surface area (Å²) in [5.74, 6) is 0.650.